The quantitative estimate of drug-likeness (QED) is 0.232. The first kappa shape index (κ1) is 30.8. The number of imidazole rings is 1. The number of esters is 1. The number of hydrogen-bond donors (Lipinski definition) is 2. The van der Waals surface area contributed by atoms with E-state index in [1.807, 2.05) is 0 Å². The van der Waals surface area contributed by atoms with E-state index in [-0.39, 0.29) is 17.3 Å². The van der Waals surface area contributed by atoms with Gasteiger partial charge >= 0.3 is 13.7 Å². The molecule has 1 fully saturated rings. The molecule has 1 aromatic carbocycles. The monoisotopic (exact) mass is 595 g/mol. The SMILES string of the molecule is COc1nc(C)nc2c1ncn2[C@@H]1O[C@H](COP(=O)(N[C@@H](C)C(=O)OC(C)C)Oc2ccccc2)[C@](C)(CO)C1F. The first-order chi connectivity index (χ1) is 19.4. The van der Waals surface area contributed by atoms with Crippen LogP contribution in [0.2, 0.25) is 0 Å². The molecular weight excluding hydrogens is 560 g/mol. The number of methoxy groups -OCH3 is 1. The van der Waals surface area contributed by atoms with Gasteiger partial charge < -0.3 is 23.8 Å². The van der Waals surface area contributed by atoms with Crippen molar-refractivity contribution in [2.45, 2.75) is 65.3 Å². The fourth-order valence-electron chi connectivity index (χ4n) is 4.34. The van der Waals surface area contributed by atoms with Crippen LogP contribution < -0.4 is 14.3 Å². The van der Waals surface area contributed by atoms with E-state index in [1.54, 1.807) is 51.1 Å². The zero-order chi connectivity index (χ0) is 29.9. The molecule has 2 aromatic heterocycles. The number of aromatic nitrogens is 4. The van der Waals surface area contributed by atoms with Crippen molar-refractivity contribution in [3.05, 3.63) is 42.5 Å². The summed E-state index contributed by atoms with van der Waals surface area (Å²) in [6.07, 6.45) is -3.14. The normalized spacial score (nSPS) is 24.8. The third kappa shape index (κ3) is 6.52. The van der Waals surface area contributed by atoms with Gasteiger partial charge in [0.15, 0.2) is 23.6 Å². The molecule has 15 heteroatoms. The highest BCUT2D eigenvalue weighted by Gasteiger charge is 2.56. The summed E-state index contributed by atoms with van der Waals surface area (Å²) < 4.78 is 59.3. The van der Waals surface area contributed by atoms with Crippen LogP contribution in [0.1, 0.15) is 39.7 Å². The minimum absolute atomic E-state index is 0.208. The number of halogens is 1. The second kappa shape index (κ2) is 12.4. The van der Waals surface area contributed by atoms with E-state index in [9.17, 15) is 14.5 Å². The highest BCUT2D eigenvalue weighted by molar-refractivity contribution is 7.52. The summed E-state index contributed by atoms with van der Waals surface area (Å²) in [4.78, 5) is 25.3. The number of aliphatic hydroxyl groups is 1. The number of carbonyl (C=O) groups excluding carboxylic acids is 1. The minimum atomic E-state index is -4.26. The lowest BCUT2D eigenvalue weighted by molar-refractivity contribution is -0.149. The van der Waals surface area contributed by atoms with Gasteiger partial charge in [-0.15, -0.1) is 0 Å². The average molecular weight is 596 g/mol. The number of aliphatic hydroxyl groups excluding tert-OH is 1. The highest BCUT2D eigenvalue weighted by Crippen LogP contribution is 2.50. The van der Waals surface area contributed by atoms with Crippen molar-refractivity contribution < 1.29 is 42.1 Å². The Hall–Kier alpha value is -3.16. The molecule has 2 unspecified atom stereocenters. The largest absolute Gasteiger partial charge is 0.479 e. The maximum absolute atomic E-state index is 16.0. The molecule has 0 aliphatic carbocycles. The lowest BCUT2D eigenvalue weighted by Gasteiger charge is -2.30. The van der Waals surface area contributed by atoms with Crippen molar-refractivity contribution in [2.75, 3.05) is 20.3 Å². The Morgan fingerprint density at radius 1 is 1.27 bits per heavy atom. The Bertz CT molecular complexity index is 1410. The van der Waals surface area contributed by atoms with Crippen molar-refractivity contribution >= 4 is 24.9 Å². The van der Waals surface area contributed by atoms with Crippen LogP contribution in [0.15, 0.2) is 36.7 Å². The van der Waals surface area contributed by atoms with Gasteiger partial charge in [-0.3, -0.25) is 13.9 Å². The number of alkyl halides is 1. The summed E-state index contributed by atoms with van der Waals surface area (Å²) in [6.45, 7) is 6.90. The van der Waals surface area contributed by atoms with Crippen molar-refractivity contribution in [1.82, 2.24) is 24.6 Å². The number of nitrogens with zero attached hydrogens (tertiary/aromatic N) is 4. The summed E-state index contributed by atoms with van der Waals surface area (Å²) in [7, 11) is -2.82. The average Bonchev–Trinajstić information content (AvgIpc) is 3.45. The molecule has 3 heterocycles. The maximum atomic E-state index is 16.0. The Labute approximate surface area is 236 Å². The number of fused-ring (bicyclic) bond motifs is 1. The zero-order valence-corrected chi connectivity index (χ0v) is 24.6. The van der Waals surface area contributed by atoms with Gasteiger partial charge in [-0.2, -0.15) is 10.1 Å². The fourth-order valence-corrected chi connectivity index (χ4v) is 5.83. The molecule has 0 amide bonds. The number of carbonyl (C=O) groups is 1. The van der Waals surface area contributed by atoms with Crippen molar-refractivity contribution in [1.29, 1.82) is 0 Å². The van der Waals surface area contributed by atoms with Gasteiger partial charge in [0.05, 0.1) is 44.3 Å². The Morgan fingerprint density at radius 3 is 2.61 bits per heavy atom. The van der Waals surface area contributed by atoms with E-state index in [2.05, 4.69) is 20.0 Å². The second-order valence-electron chi connectivity index (χ2n) is 10.2. The zero-order valence-electron chi connectivity index (χ0n) is 23.7. The molecule has 41 heavy (non-hydrogen) atoms. The van der Waals surface area contributed by atoms with Crippen LogP contribution in [0.3, 0.4) is 0 Å². The van der Waals surface area contributed by atoms with Crippen LogP contribution in [-0.4, -0.2) is 75.3 Å². The summed E-state index contributed by atoms with van der Waals surface area (Å²) in [5.41, 5.74) is -0.889. The summed E-state index contributed by atoms with van der Waals surface area (Å²) in [5, 5.41) is 12.9. The molecule has 1 saturated heterocycles. The molecule has 0 saturated carbocycles. The third-order valence-corrected chi connectivity index (χ3v) is 8.29. The fraction of sp³-hybridized carbons (Fsp3) is 0.538. The van der Waals surface area contributed by atoms with Gasteiger partial charge in [0.1, 0.15) is 17.6 Å². The van der Waals surface area contributed by atoms with Crippen molar-refractivity contribution in [3.8, 4) is 11.6 Å². The number of benzene rings is 1. The lowest BCUT2D eigenvalue weighted by atomic mass is 9.82. The summed E-state index contributed by atoms with van der Waals surface area (Å²) >= 11 is 0. The molecule has 4 rings (SSSR count). The summed E-state index contributed by atoms with van der Waals surface area (Å²) in [6, 6.07) is 7.15. The third-order valence-electron chi connectivity index (χ3n) is 6.65. The van der Waals surface area contributed by atoms with Gasteiger partial charge in [0.2, 0.25) is 5.88 Å². The Kier molecular flexibility index (Phi) is 9.29. The first-order valence-electron chi connectivity index (χ1n) is 13.0. The van der Waals surface area contributed by atoms with Gasteiger partial charge in [0, 0.05) is 0 Å². The summed E-state index contributed by atoms with van der Waals surface area (Å²) in [5.74, 6) is 0.144. The molecule has 1 aliphatic rings. The standard InChI is InChI=1S/C26H35FN5O8P/c1-15(2)38-25(34)16(3)31-41(35,40-18-10-8-7-9-11-18)37-12-19-26(5,13-33)21(27)24(39-19)32-14-28-20-22(32)29-17(4)30-23(20)36-6/h7-11,14-16,19,21,24,33H,12-13H2,1-6H3,(H,31,35)/t16-,19+,21?,24+,26-,41?/m0/s1. The van der Waals surface area contributed by atoms with Crippen LogP contribution in [0.4, 0.5) is 4.39 Å². The number of aryl methyl sites for hydroxylation is 1. The van der Waals surface area contributed by atoms with Gasteiger partial charge in [0.25, 0.3) is 0 Å². The first-order valence-corrected chi connectivity index (χ1v) is 14.6. The topological polar surface area (TPSA) is 156 Å². The number of nitrogens with one attached hydrogen (secondary N) is 1. The molecular formula is C26H35FN5O8P. The molecule has 3 aromatic rings. The number of ether oxygens (including phenoxy) is 3. The number of hydrogen-bond acceptors (Lipinski definition) is 11. The number of para-hydroxylation sites is 1. The molecule has 224 valence electrons. The molecule has 0 radical (unpaired) electrons. The molecule has 1 aliphatic heterocycles. The van der Waals surface area contributed by atoms with Crippen LogP contribution in [0, 0.1) is 12.3 Å². The van der Waals surface area contributed by atoms with E-state index >= 15 is 4.39 Å². The van der Waals surface area contributed by atoms with Crippen LogP contribution in [-0.2, 0) is 23.4 Å². The van der Waals surface area contributed by atoms with E-state index in [0.29, 0.717) is 11.3 Å². The predicted molar refractivity (Wildman–Crippen MR) is 145 cm³/mol. The van der Waals surface area contributed by atoms with Crippen molar-refractivity contribution in [3.63, 3.8) is 0 Å². The van der Waals surface area contributed by atoms with Gasteiger partial charge in [-0.1, -0.05) is 25.1 Å². The Morgan fingerprint density at radius 2 is 1.98 bits per heavy atom. The van der Waals surface area contributed by atoms with Crippen LogP contribution in [0.5, 0.6) is 11.6 Å². The van der Waals surface area contributed by atoms with Gasteiger partial charge in [-0.05, 0) is 39.8 Å². The molecule has 6 atom stereocenters. The highest BCUT2D eigenvalue weighted by atomic mass is 31.2. The minimum Gasteiger partial charge on any atom is -0.479 e. The molecule has 0 spiro atoms. The second-order valence-corrected chi connectivity index (χ2v) is 11.9. The maximum Gasteiger partial charge on any atom is 0.459 e. The van der Waals surface area contributed by atoms with E-state index in [1.165, 1.54) is 31.9 Å². The van der Waals surface area contributed by atoms with Gasteiger partial charge in [-0.25, -0.2) is 18.9 Å². The number of rotatable bonds is 12. The molecule has 2 N–H and O–H groups in total. The smallest absolute Gasteiger partial charge is 0.459 e. The van der Waals surface area contributed by atoms with E-state index < -0.39 is 63.0 Å². The van der Waals surface area contributed by atoms with Crippen molar-refractivity contribution in [2.24, 2.45) is 5.41 Å². The lowest BCUT2D eigenvalue weighted by Crippen LogP contribution is -2.42. The van der Waals surface area contributed by atoms with Crippen LogP contribution >= 0.6 is 7.75 Å². The Balaban J connectivity index is 1.59. The van der Waals surface area contributed by atoms with E-state index in [4.69, 9.17) is 23.3 Å². The van der Waals surface area contributed by atoms with Crippen LogP contribution in [0.25, 0.3) is 11.2 Å². The molecule has 0 bridgehead atoms. The van der Waals surface area contributed by atoms with E-state index in [0.717, 1.165) is 0 Å². The molecule has 13 nitrogen and oxygen atoms in total. The predicted octanol–water partition coefficient (Wildman–Crippen LogP) is 3.51.